The molecule has 0 radical (unpaired) electrons. The van der Waals surface area contributed by atoms with E-state index in [1.165, 1.54) is 6.42 Å². The van der Waals surface area contributed by atoms with Crippen LogP contribution in [0, 0.1) is 17.3 Å². The van der Waals surface area contributed by atoms with Crippen LogP contribution in [-0.2, 0) is 9.59 Å². The SMILES string of the molecule is CCCN1C[C@H](NC(=O)CC23C[C@@H]4C[C@H](CC(O)(C4)C2)C3)CC1=O. The van der Waals surface area contributed by atoms with Crippen LogP contribution < -0.4 is 5.32 Å². The normalized spacial score (nSPS) is 43.5. The minimum Gasteiger partial charge on any atom is -0.390 e. The van der Waals surface area contributed by atoms with Gasteiger partial charge in [-0.25, -0.2) is 0 Å². The minimum atomic E-state index is -0.508. The summed E-state index contributed by atoms with van der Waals surface area (Å²) < 4.78 is 0. The molecule has 2 N–H and O–H groups in total. The molecule has 3 atom stereocenters. The standard InChI is InChI=1S/C19H30N2O3/c1-2-3-21-11-15(5-17(21)23)20-16(22)10-18-6-13-4-14(7-18)9-19(24,8-13)12-18/h13-15,24H,2-12H2,1H3,(H,20,22)/t13-,14-,15+,18?,19?/m0/s1. The van der Waals surface area contributed by atoms with Gasteiger partial charge in [0.05, 0.1) is 11.6 Å². The Hall–Kier alpha value is -1.10. The molecule has 5 fully saturated rings. The van der Waals surface area contributed by atoms with E-state index in [1.54, 1.807) is 0 Å². The van der Waals surface area contributed by atoms with E-state index in [-0.39, 0.29) is 23.3 Å². The van der Waals surface area contributed by atoms with Crippen molar-refractivity contribution in [2.75, 3.05) is 13.1 Å². The number of nitrogens with zero attached hydrogens (tertiary/aromatic N) is 1. The van der Waals surface area contributed by atoms with Crippen molar-refractivity contribution in [2.24, 2.45) is 17.3 Å². The molecule has 0 aromatic heterocycles. The van der Waals surface area contributed by atoms with E-state index in [9.17, 15) is 14.7 Å². The first-order chi connectivity index (χ1) is 11.4. The molecule has 134 valence electrons. The average Bonchev–Trinajstić information content (AvgIpc) is 2.75. The molecular weight excluding hydrogens is 304 g/mol. The molecule has 24 heavy (non-hydrogen) atoms. The van der Waals surface area contributed by atoms with Gasteiger partial charge in [-0.1, -0.05) is 6.92 Å². The summed E-state index contributed by atoms with van der Waals surface area (Å²) in [5.74, 6) is 1.46. The molecule has 0 spiro atoms. The Labute approximate surface area is 144 Å². The van der Waals surface area contributed by atoms with Crippen LogP contribution in [0.3, 0.4) is 0 Å². The third-order valence-electron chi connectivity index (χ3n) is 6.76. The van der Waals surface area contributed by atoms with Crippen molar-refractivity contribution >= 4 is 11.8 Å². The Morgan fingerprint density at radius 1 is 1.29 bits per heavy atom. The maximum absolute atomic E-state index is 12.6. The van der Waals surface area contributed by atoms with Crippen LogP contribution in [0.15, 0.2) is 0 Å². The third-order valence-corrected chi connectivity index (χ3v) is 6.76. The van der Waals surface area contributed by atoms with Crippen molar-refractivity contribution in [1.29, 1.82) is 0 Å². The number of aliphatic hydroxyl groups is 1. The van der Waals surface area contributed by atoms with Crippen LogP contribution in [-0.4, -0.2) is 46.6 Å². The lowest BCUT2D eigenvalue weighted by Crippen LogP contribution is -2.56. The summed E-state index contributed by atoms with van der Waals surface area (Å²) in [6.45, 7) is 3.50. The highest BCUT2D eigenvalue weighted by molar-refractivity contribution is 5.82. The summed E-state index contributed by atoms with van der Waals surface area (Å²) in [4.78, 5) is 26.4. The Kier molecular flexibility index (Phi) is 3.90. The lowest BCUT2D eigenvalue weighted by Gasteiger charge is -2.60. The molecule has 0 aromatic rings. The monoisotopic (exact) mass is 334 g/mol. The Morgan fingerprint density at radius 2 is 2.00 bits per heavy atom. The number of amides is 2. The van der Waals surface area contributed by atoms with E-state index < -0.39 is 5.60 Å². The summed E-state index contributed by atoms with van der Waals surface area (Å²) in [7, 11) is 0. The average molecular weight is 334 g/mol. The smallest absolute Gasteiger partial charge is 0.224 e. The minimum absolute atomic E-state index is 0.00857. The molecule has 5 nitrogen and oxygen atoms in total. The molecule has 0 aromatic carbocycles. The van der Waals surface area contributed by atoms with Gasteiger partial charge in [0.25, 0.3) is 0 Å². The number of hydrogen-bond donors (Lipinski definition) is 2. The van der Waals surface area contributed by atoms with E-state index in [4.69, 9.17) is 0 Å². The summed E-state index contributed by atoms with van der Waals surface area (Å²) in [6.07, 6.45) is 8.05. The number of nitrogens with one attached hydrogen (secondary N) is 1. The second-order valence-electron chi connectivity index (χ2n) is 9.17. The highest BCUT2D eigenvalue weighted by Gasteiger charge is 2.57. The lowest BCUT2D eigenvalue weighted by atomic mass is 9.47. The maximum atomic E-state index is 12.6. The fourth-order valence-corrected chi connectivity index (χ4v) is 6.58. The van der Waals surface area contributed by atoms with Crippen LogP contribution in [0.25, 0.3) is 0 Å². The molecule has 4 aliphatic carbocycles. The van der Waals surface area contributed by atoms with Gasteiger partial charge in [0.1, 0.15) is 0 Å². The maximum Gasteiger partial charge on any atom is 0.224 e. The van der Waals surface area contributed by atoms with E-state index in [1.807, 2.05) is 4.90 Å². The molecule has 5 aliphatic rings. The third kappa shape index (κ3) is 2.96. The quantitative estimate of drug-likeness (QED) is 0.806. The highest BCUT2D eigenvalue weighted by atomic mass is 16.3. The zero-order valence-corrected chi connectivity index (χ0v) is 14.7. The van der Waals surface area contributed by atoms with Crippen molar-refractivity contribution in [2.45, 2.75) is 76.4 Å². The van der Waals surface area contributed by atoms with Crippen LogP contribution in [0.4, 0.5) is 0 Å². The summed E-state index contributed by atoms with van der Waals surface area (Å²) in [5.41, 5.74) is -0.500. The molecule has 0 unspecified atom stereocenters. The molecule has 4 saturated carbocycles. The highest BCUT2D eigenvalue weighted by Crippen LogP contribution is 2.62. The van der Waals surface area contributed by atoms with Gasteiger partial charge in [0, 0.05) is 25.9 Å². The van der Waals surface area contributed by atoms with Crippen LogP contribution >= 0.6 is 0 Å². The fourth-order valence-electron chi connectivity index (χ4n) is 6.58. The van der Waals surface area contributed by atoms with E-state index in [2.05, 4.69) is 12.2 Å². The molecule has 5 heteroatoms. The predicted octanol–water partition coefficient (Wildman–Crippen LogP) is 1.83. The Morgan fingerprint density at radius 3 is 2.62 bits per heavy atom. The Balaban J connectivity index is 1.36. The van der Waals surface area contributed by atoms with Crippen molar-refractivity contribution in [1.82, 2.24) is 10.2 Å². The zero-order valence-electron chi connectivity index (χ0n) is 14.7. The lowest BCUT2D eigenvalue weighted by molar-refractivity contribution is -0.169. The molecule has 4 bridgehead atoms. The molecule has 1 saturated heterocycles. The van der Waals surface area contributed by atoms with Gasteiger partial charge in [0.15, 0.2) is 0 Å². The zero-order chi connectivity index (χ0) is 16.9. The second kappa shape index (κ2) is 5.72. The number of hydrogen-bond acceptors (Lipinski definition) is 3. The van der Waals surface area contributed by atoms with Gasteiger partial charge >= 0.3 is 0 Å². The molecular formula is C19H30N2O3. The van der Waals surface area contributed by atoms with E-state index in [0.29, 0.717) is 31.2 Å². The van der Waals surface area contributed by atoms with Crippen molar-refractivity contribution in [3.8, 4) is 0 Å². The Bertz CT molecular complexity index is 533. The molecule has 1 aliphatic heterocycles. The van der Waals surface area contributed by atoms with Crippen molar-refractivity contribution in [3.63, 3.8) is 0 Å². The fraction of sp³-hybridized carbons (Fsp3) is 0.895. The van der Waals surface area contributed by atoms with E-state index in [0.717, 1.165) is 45.1 Å². The number of carbonyl (C=O) groups excluding carboxylic acids is 2. The summed E-state index contributed by atoms with van der Waals surface area (Å²) in [5, 5.41) is 13.9. The van der Waals surface area contributed by atoms with Crippen molar-refractivity contribution < 1.29 is 14.7 Å². The summed E-state index contributed by atoms with van der Waals surface area (Å²) >= 11 is 0. The van der Waals surface area contributed by atoms with Gasteiger partial charge < -0.3 is 15.3 Å². The summed E-state index contributed by atoms with van der Waals surface area (Å²) in [6, 6.07) is -0.0338. The molecule has 5 rings (SSSR count). The molecule has 2 amide bonds. The molecule has 1 heterocycles. The van der Waals surface area contributed by atoms with Gasteiger partial charge in [0.2, 0.25) is 11.8 Å². The van der Waals surface area contributed by atoms with Gasteiger partial charge in [-0.3, -0.25) is 9.59 Å². The van der Waals surface area contributed by atoms with Crippen LogP contribution in [0.1, 0.15) is 64.7 Å². The number of rotatable bonds is 5. The first kappa shape index (κ1) is 16.4. The number of likely N-dealkylation sites (tertiary alicyclic amines) is 1. The van der Waals surface area contributed by atoms with Crippen LogP contribution in [0.2, 0.25) is 0 Å². The van der Waals surface area contributed by atoms with E-state index >= 15 is 0 Å². The van der Waals surface area contributed by atoms with Crippen LogP contribution in [0.5, 0.6) is 0 Å². The van der Waals surface area contributed by atoms with Gasteiger partial charge in [-0.05, 0) is 62.2 Å². The number of carbonyl (C=O) groups is 2. The van der Waals surface area contributed by atoms with Gasteiger partial charge in [-0.15, -0.1) is 0 Å². The largest absolute Gasteiger partial charge is 0.390 e. The van der Waals surface area contributed by atoms with Gasteiger partial charge in [-0.2, -0.15) is 0 Å². The predicted molar refractivity (Wildman–Crippen MR) is 90.1 cm³/mol. The second-order valence-corrected chi connectivity index (χ2v) is 9.17. The topological polar surface area (TPSA) is 69.6 Å². The first-order valence-corrected chi connectivity index (χ1v) is 9.68. The van der Waals surface area contributed by atoms with Crippen molar-refractivity contribution in [3.05, 3.63) is 0 Å². The first-order valence-electron chi connectivity index (χ1n) is 9.68.